The summed E-state index contributed by atoms with van der Waals surface area (Å²) in [4.78, 5) is 12.3. The van der Waals surface area contributed by atoms with Crippen LogP contribution in [0, 0.1) is 13.8 Å². The second-order valence-electron chi connectivity index (χ2n) is 7.24. The van der Waals surface area contributed by atoms with Crippen LogP contribution in [0.3, 0.4) is 0 Å². The van der Waals surface area contributed by atoms with Crippen molar-refractivity contribution in [2.45, 2.75) is 59.7 Å². The molecule has 0 aliphatic heterocycles. The lowest BCUT2D eigenvalue weighted by Crippen LogP contribution is -2.37. The molecule has 4 heteroatoms. The van der Waals surface area contributed by atoms with Crippen molar-refractivity contribution >= 4 is 5.91 Å². The van der Waals surface area contributed by atoms with Gasteiger partial charge in [0.25, 0.3) is 5.91 Å². The van der Waals surface area contributed by atoms with E-state index in [0.717, 1.165) is 35.5 Å². The highest BCUT2D eigenvalue weighted by molar-refractivity contribution is 5.80. The molecule has 2 aromatic rings. The van der Waals surface area contributed by atoms with Crippen molar-refractivity contribution in [2.24, 2.45) is 0 Å². The van der Waals surface area contributed by atoms with Crippen molar-refractivity contribution in [1.29, 1.82) is 0 Å². The van der Waals surface area contributed by atoms with E-state index in [0.29, 0.717) is 6.54 Å². The fourth-order valence-corrected chi connectivity index (χ4v) is 2.77. The molecule has 27 heavy (non-hydrogen) atoms. The van der Waals surface area contributed by atoms with Gasteiger partial charge in [-0.1, -0.05) is 24.3 Å². The summed E-state index contributed by atoms with van der Waals surface area (Å²) >= 11 is 0. The first-order valence-electron chi connectivity index (χ1n) is 9.62. The number of hydrogen-bond acceptors (Lipinski definition) is 3. The molecule has 2 aromatic carbocycles. The lowest BCUT2D eigenvalue weighted by molar-refractivity contribution is -0.127. The van der Waals surface area contributed by atoms with E-state index in [2.05, 4.69) is 17.4 Å². The molecule has 2 rings (SSSR count). The molecule has 1 atom stereocenters. The summed E-state index contributed by atoms with van der Waals surface area (Å²) in [5.74, 6) is 1.56. The molecule has 0 bridgehead atoms. The van der Waals surface area contributed by atoms with Crippen molar-refractivity contribution < 1.29 is 14.3 Å². The maximum Gasteiger partial charge on any atom is 0.260 e. The zero-order valence-electron chi connectivity index (χ0n) is 17.0. The molecule has 0 unspecified atom stereocenters. The predicted octanol–water partition coefficient (Wildman–Crippen LogP) is 4.61. The minimum absolute atomic E-state index is 0.0900. The highest BCUT2D eigenvalue weighted by atomic mass is 16.5. The van der Waals surface area contributed by atoms with E-state index in [-0.39, 0.29) is 12.0 Å². The van der Waals surface area contributed by atoms with Gasteiger partial charge in [-0.2, -0.15) is 0 Å². The summed E-state index contributed by atoms with van der Waals surface area (Å²) in [6.45, 7) is 10.4. The van der Waals surface area contributed by atoms with Crippen molar-refractivity contribution in [1.82, 2.24) is 5.32 Å². The van der Waals surface area contributed by atoms with Gasteiger partial charge in [0.15, 0.2) is 6.10 Å². The number of rotatable bonds is 9. The van der Waals surface area contributed by atoms with Gasteiger partial charge in [-0.3, -0.25) is 4.79 Å². The molecule has 146 valence electrons. The van der Waals surface area contributed by atoms with Crippen LogP contribution in [0.15, 0.2) is 42.5 Å². The standard InChI is InChI=1S/C23H31NO3/c1-16(2)26-21-10-6-8-20(15-21)9-7-13-24-23(25)19(5)27-22-14-17(3)11-12-18(22)4/h6,8,10-12,14-16,19H,7,9,13H2,1-5H3,(H,24,25)/t19-/m0/s1. The average Bonchev–Trinajstić information content (AvgIpc) is 2.61. The van der Waals surface area contributed by atoms with Gasteiger partial charge in [0, 0.05) is 6.54 Å². The molecule has 4 nitrogen and oxygen atoms in total. The highest BCUT2D eigenvalue weighted by Gasteiger charge is 2.15. The molecule has 0 saturated heterocycles. The van der Waals surface area contributed by atoms with Crippen LogP contribution in [0.1, 0.15) is 43.9 Å². The molecule has 0 spiro atoms. The predicted molar refractivity (Wildman–Crippen MR) is 110 cm³/mol. The number of ether oxygens (including phenoxy) is 2. The van der Waals surface area contributed by atoms with E-state index in [1.165, 1.54) is 5.56 Å². The molecule has 0 heterocycles. The number of nitrogens with one attached hydrogen (secondary N) is 1. The minimum Gasteiger partial charge on any atom is -0.491 e. The Bertz CT molecular complexity index is 755. The molecule has 0 aromatic heterocycles. The monoisotopic (exact) mass is 369 g/mol. The van der Waals surface area contributed by atoms with Gasteiger partial charge in [-0.05, 0) is 82.3 Å². The largest absolute Gasteiger partial charge is 0.491 e. The average molecular weight is 370 g/mol. The molecule has 0 fully saturated rings. The first-order chi connectivity index (χ1) is 12.8. The van der Waals surface area contributed by atoms with Crippen molar-refractivity contribution in [3.05, 3.63) is 59.2 Å². The van der Waals surface area contributed by atoms with E-state index in [9.17, 15) is 4.79 Å². The summed E-state index contributed by atoms with van der Waals surface area (Å²) in [5, 5.41) is 2.96. The van der Waals surface area contributed by atoms with Crippen LogP contribution in [-0.4, -0.2) is 24.7 Å². The molecular weight excluding hydrogens is 338 g/mol. The van der Waals surface area contributed by atoms with Gasteiger partial charge < -0.3 is 14.8 Å². The third-order valence-corrected chi connectivity index (χ3v) is 4.23. The van der Waals surface area contributed by atoms with Crippen LogP contribution in [0.4, 0.5) is 0 Å². The quantitative estimate of drug-likeness (QED) is 0.657. The number of benzene rings is 2. The van der Waals surface area contributed by atoms with E-state index in [4.69, 9.17) is 9.47 Å². The Labute approximate surface area is 162 Å². The van der Waals surface area contributed by atoms with Crippen LogP contribution in [-0.2, 0) is 11.2 Å². The molecule has 0 radical (unpaired) electrons. The van der Waals surface area contributed by atoms with Crippen LogP contribution in [0.5, 0.6) is 11.5 Å². The van der Waals surface area contributed by atoms with Crippen LogP contribution >= 0.6 is 0 Å². The topological polar surface area (TPSA) is 47.6 Å². The van der Waals surface area contributed by atoms with Gasteiger partial charge in [0.2, 0.25) is 0 Å². The first kappa shape index (κ1) is 20.8. The molecule has 0 aliphatic carbocycles. The molecule has 0 aliphatic rings. The summed E-state index contributed by atoms with van der Waals surface area (Å²) in [5.41, 5.74) is 3.36. The van der Waals surface area contributed by atoms with Gasteiger partial charge in [-0.15, -0.1) is 0 Å². The SMILES string of the molecule is Cc1ccc(C)c(O[C@@H](C)C(=O)NCCCc2cccc(OC(C)C)c2)c1. The van der Waals surface area contributed by atoms with Crippen LogP contribution < -0.4 is 14.8 Å². The van der Waals surface area contributed by atoms with Crippen molar-refractivity contribution in [2.75, 3.05) is 6.54 Å². The summed E-state index contributed by atoms with van der Waals surface area (Å²) < 4.78 is 11.5. The lowest BCUT2D eigenvalue weighted by atomic mass is 10.1. The van der Waals surface area contributed by atoms with Gasteiger partial charge in [0.05, 0.1) is 6.10 Å². The molecular formula is C23H31NO3. The maximum atomic E-state index is 12.3. The third-order valence-electron chi connectivity index (χ3n) is 4.23. The normalized spacial score (nSPS) is 11.9. The first-order valence-corrected chi connectivity index (χ1v) is 9.62. The Morgan fingerprint density at radius 3 is 2.56 bits per heavy atom. The Morgan fingerprint density at radius 2 is 1.81 bits per heavy atom. The Balaban J connectivity index is 1.76. The van der Waals surface area contributed by atoms with Gasteiger partial charge >= 0.3 is 0 Å². The van der Waals surface area contributed by atoms with E-state index in [1.807, 2.05) is 58.0 Å². The highest BCUT2D eigenvalue weighted by Crippen LogP contribution is 2.20. The zero-order valence-corrected chi connectivity index (χ0v) is 17.0. The molecule has 1 amide bonds. The lowest BCUT2D eigenvalue weighted by Gasteiger charge is -2.17. The number of carbonyl (C=O) groups is 1. The van der Waals surface area contributed by atoms with E-state index >= 15 is 0 Å². The smallest absolute Gasteiger partial charge is 0.260 e. The second kappa shape index (κ2) is 10.0. The fraction of sp³-hybridized carbons (Fsp3) is 0.435. The van der Waals surface area contributed by atoms with Crippen LogP contribution in [0.25, 0.3) is 0 Å². The zero-order chi connectivity index (χ0) is 19.8. The number of carbonyl (C=O) groups excluding carboxylic acids is 1. The Morgan fingerprint density at radius 1 is 1.04 bits per heavy atom. The van der Waals surface area contributed by atoms with E-state index < -0.39 is 6.10 Å². The van der Waals surface area contributed by atoms with Crippen LogP contribution in [0.2, 0.25) is 0 Å². The minimum atomic E-state index is -0.520. The molecule has 0 saturated carbocycles. The Kier molecular flexibility index (Phi) is 7.71. The number of aryl methyl sites for hydroxylation is 3. The maximum absolute atomic E-state index is 12.3. The number of hydrogen-bond donors (Lipinski definition) is 1. The molecule has 1 N–H and O–H groups in total. The summed E-state index contributed by atoms with van der Waals surface area (Å²) in [6, 6.07) is 14.1. The number of amides is 1. The summed E-state index contributed by atoms with van der Waals surface area (Å²) in [6.07, 6.45) is 1.40. The van der Waals surface area contributed by atoms with Crippen molar-refractivity contribution in [3.63, 3.8) is 0 Å². The Hall–Kier alpha value is -2.49. The third kappa shape index (κ3) is 6.97. The second-order valence-corrected chi connectivity index (χ2v) is 7.24. The van der Waals surface area contributed by atoms with Gasteiger partial charge in [-0.25, -0.2) is 0 Å². The van der Waals surface area contributed by atoms with E-state index in [1.54, 1.807) is 6.92 Å². The van der Waals surface area contributed by atoms with Crippen molar-refractivity contribution in [3.8, 4) is 11.5 Å². The fourth-order valence-electron chi connectivity index (χ4n) is 2.77. The summed E-state index contributed by atoms with van der Waals surface area (Å²) in [7, 11) is 0. The van der Waals surface area contributed by atoms with Gasteiger partial charge in [0.1, 0.15) is 11.5 Å².